The summed E-state index contributed by atoms with van der Waals surface area (Å²) in [5.41, 5.74) is 0.538. The van der Waals surface area contributed by atoms with Crippen LogP contribution in [0.25, 0.3) is 0 Å². The van der Waals surface area contributed by atoms with Crippen LogP contribution in [0.15, 0.2) is 23.2 Å². The highest BCUT2D eigenvalue weighted by atomic mass is 35.5. The fourth-order valence-electron chi connectivity index (χ4n) is 3.66. The summed E-state index contributed by atoms with van der Waals surface area (Å²) in [5, 5.41) is 15.4. The van der Waals surface area contributed by atoms with Gasteiger partial charge in [-0.3, -0.25) is 14.9 Å². The van der Waals surface area contributed by atoms with E-state index in [1.165, 1.54) is 0 Å². The van der Waals surface area contributed by atoms with Crippen molar-refractivity contribution in [3.8, 4) is 6.19 Å². The summed E-state index contributed by atoms with van der Waals surface area (Å²) in [4.78, 5) is 33.4. The topological polar surface area (TPSA) is 101 Å². The SMILES string of the molecule is N#CNC(=NC1CCCCN(CC(=O)N2CCCC2)C1=O)Nc1cc(Cl)cc(Cl)c1. The Labute approximate surface area is 185 Å². The molecular formula is C20H24Cl2N6O2. The number of amides is 2. The lowest BCUT2D eigenvalue weighted by atomic mass is 10.1. The summed E-state index contributed by atoms with van der Waals surface area (Å²) < 4.78 is 0. The van der Waals surface area contributed by atoms with Crippen molar-refractivity contribution in [2.45, 2.75) is 38.1 Å². The number of hydrogen-bond acceptors (Lipinski definition) is 4. The molecule has 2 aliphatic rings. The number of nitriles is 1. The van der Waals surface area contributed by atoms with Gasteiger partial charge in [0.2, 0.25) is 17.8 Å². The minimum Gasteiger partial charge on any atom is -0.341 e. The fraction of sp³-hybridized carbons (Fsp3) is 0.500. The molecule has 0 saturated carbocycles. The Morgan fingerprint density at radius 2 is 1.80 bits per heavy atom. The van der Waals surface area contributed by atoms with E-state index in [9.17, 15) is 9.59 Å². The van der Waals surface area contributed by atoms with E-state index in [0.717, 1.165) is 38.8 Å². The second-order valence-corrected chi connectivity index (χ2v) is 8.23. The van der Waals surface area contributed by atoms with Crippen LogP contribution in [-0.2, 0) is 9.59 Å². The molecule has 8 nitrogen and oxygen atoms in total. The normalized spacial score (nSPS) is 20.0. The first-order valence-corrected chi connectivity index (χ1v) is 10.7. The molecule has 1 unspecified atom stereocenters. The zero-order valence-electron chi connectivity index (χ0n) is 16.5. The van der Waals surface area contributed by atoms with Crippen LogP contribution in [-0.4, -0.2) is 59.8 Å². The van der Waals surface area contributed by atoms with Gasteiger partial charge in [-0.2, -0.15) is 5.26 Å². The molecule has 2 aliphatic heterocycles. The molecule has 1 aromatic rings. The molecular weight excluding hydrogens is 427 g/mol. The number of halogens is 2. The van der Waals surface area contributed by atoms with E-state index in [1.807, 2.05) is 11.1 Å². The summed E-state index contributed by atoms with van der Waals surface area (Å²) in [5.74, 6) is -0.0994. The largest absolute Gasteiger partial charge is 0.341 e. The predicted octanol–water partition coefficient (Wildman–Crippen LogP) is 2.84. The van der Waals surface area contributed by atoms with Gasteiger partial charge in [-0.25, -0.2) is 4.99 Å². The Kier molecular flexibility index (Phi) is 7.77. The highest BCUT2D eigenvalue weighted by Crippen LogP contribution is 2.23. The van der Waals surface area contributed by atoms with Crippen LogP contribution in [0, 0.1) is 11.5 Å². The van der Waals surface area contributed by atoms with Crippen molar-refractivity contribution in [2.24, 2.45) is 4.99 Å². The number of hydrogen-bond donors (Lipinski definition) is 2. The lowest BCUT2D eigenvalue weighted by Gasteiger charge is -2.25. The van der Waals surface area contributed by atoms with Gasteiger partial charge in [0, 0.05) is 35.4 Å². The molecule has 1 atom stereocenters. The lowest BCUT2D eigenvalue weighted by Crippen LogP contribution is -2.45. The van der Waals surface area contributed by atoms with E-state index in [4.69, 9.17) is 28.5 Å². The number of anilines is 1. The Morgan fingerprint density at radius 3 is 2.47 bits per heavy atom. The quantitative estimate of drug-likeness (QED) is 0.317. The fourth-order valence-corrected chi connectivity index (χ4v) is 4.18. The number of aliphatic imine (C=N–C) groups is 1. The highest BCUT2D eigenvalue weighted by molar-refractivity contribution is 6.35. The Balaban J connectivity index is 1.74. The van der Waals surface area contributed by atoms with Crippen LogP contribution in [0.2, 0.25) is 10.0 Å². The predicted molar refractivity (Wildman–Crippen MR) is 116 cm³/mol. The van der Waals surface area contributed by atoms with Crippen LogP contribution in [0.3, 0.4) is 0 Å². The molecule has 3 rings (SSSR count). The minimum absolute atomic E-state index is 0.0208. The number of rotatable bonds is 4. The maximum atomic E-state index is 13.1. The first-order valence-electron chi connectivity index (χ1n) is 9.99. The standard InChI is InChI=1S/C20H24Cl2N6O2/c21-14-9-15(22)11-16(10-14)25-20(24-13-23)26-17-5-1-2-8-28(19(17)30)12-18(29)27-6-3-4-7-27/h9-11,17H,1-8,12H2,(H2,24,25,26). The highest BCUT2D eigenvalue weighted by Gasteiger charge is 2.30. The number of nitrogens with one attached hydrogen (secondary N) is 2. The minimum atomic E-state index is -0.683. The monoisotopic (exact) mass is 450 g/mol. The zero-order valence-corrected chi connectivity index (χ0v) is 18.0. The molecule has 2 saturated heterocycles. The van der Waals surface area contributed by atoms with Crippen molar-refractivity contribution in [3.05, 3.63) is 28.2 Å². The summed E-state index contributed by atoms with van der Waals surface area (Å²) >= 11 is 12.0. The molecule has 30 heavy (non-hydrogen) atoms. The molecule has 2 fully saturated rings. The van der Waals surface area contributed by atoms with Crippen molar-refractivity contribution < 1.29 is 9.59 Å². The molecule has 10 heteroatoms. The van der Waals surface area contributed by atoms with Crippen molar-refractivity contribution in [3.63, 3.8) is 0 Å². The number of carbonyl (C=O) groups is 2. The molecule has 0 aliphatic carbocycles. The van der Waals surface area contributed by atoms with E-state index in [1.54, 1.807) is 23.1 Å². The van der Waals surface area contributed by atoms with Crippen LogP contribution in [0.5, 0.6) is 0 Å². The summed E-state index contributed by atoms with van der Waals surface area (Å²) in [7, 11) is 0. The van der Waals surface area contributed by atoms with Gasteiger partial charge in [-0.1, -0.05) is 23.2 Å². The van der Waals surface area contributed by atoms with Gasteiger partial charge >= 0.3 is 0 Å². The maximum Gasteiger partial charge on any atom is 0.247 e. The Bertz CT molecular complexity index is 843. The van der Waals surface area contributed by atoms with Crippen molar-refractivity contribution in [2.75, 3.05) is 31.5 Å². The Hall–Kier alpha value is -2.50. The first-order chi connectivity index (χ1) is 14.5. The molecule has 2 heterocycles. The van der Waals surface area contributed by atoms with Gasteiger partial charge in [0.25, 0.3) is 0 Å². The number of guanidine groups is 1. The average molecular weight is 451 g/mol. The van der Waals surface area contributed by atoms with E-state index < -0.39 is 6.04 Å². The van der Waals surface area contributed by atoms with Crippen molar-refractivity contribution >= 4 is 46.7 Å². The summed E-state index contributed by atoms with van der Waals surface area (Å²) in [6.45, 7) is 2.11. The number of nitrogens with zero attached hydrogens (tertiary/aromatic N) is 4. The number of benzene rings is 1. The molecule has 0 radical (unpaired) electrons. The summed E-state index contributed by atoms with van der Waals surface area (Å²) in [6.07, 6.45) is 6.00. The molecule has 0 spiro atoms. The molecule has 0 aromatic heterocycles. The summed E-state index contributed by atoms with van der Waals surface area (Å²) in [6, 6.07) is 4.18. The molecule has 2 amide bonds. The van der Waals surface area contributed by atoms with Crippen LogP contribution in [0.4, 0.5) is 5.69 Å². The van der Waals surface area contributed by atoms with Gasteiger partial charge in [0.1, 0.15) is 6.04 Å². The Morgan fingerprint density at radius 1 is 1.13 bits per heavy atom. The number of carbonyl (C=O) groups excluding carboxylic acids is 2. The second-order valence-electron chi connectivity index (χ2n) is 7.36. The zero-order chi connectivity index (χ0) is 21.5. The smallest absolute Gasteiger partial charge is 0.247 e. The van der Waals surface area contributed by atoms with Gasteiger partial charge in [0.05, 0.1) is 6.54 Å². The second kappa shape index (κ2) is 10.5. The van der Waals surface area contributed by atoms with E-state index in [0.29, 0.717) is 28.7 Å². The van der Waals surface area contributed by atoms with Gasteiger partial charge in [0.15, 0.2) is 6.19 Å². The van der Waals surface area contributed by atoms with Crippen molar-refractivity contribution in [1.29, 1.82) is 5.26 Å². The van der Waals surface area contributed by atoms with Crippen LogP contribution >= 0.6 is 23.2 Å². The first kappa shape index (κ1) is 22.2. The third-order valence-corrected chi connectivity index (χ3v) is 5.56. The van der Waals surface area contributed by atoms with Crippen LogP contribution < -0.4 is 10.6 Å². The van der Waals surface area contributed by atoms with E-state index in [-0.39, 0.29) is 24.3 Å². The maximum absolute atomic E-state index is 13.1. The van der Waals surface area contributed by atoms with Crippen molar-refractivity contribution in [1.82, 2.24) is 15.1 Å². The van der Waals surface area contributed by atoms with Gasteiger partial charge in [-0.05, 0) is 50.3 Å². The van der Waals surface area contributed by atoms with E-state index >= 15 is 0 Å². The molecule has 2 N–H and O–H groups in total. The molecule has 1 aromatic carbocycles. The van der Waals surface area contributed by atoms with Gasteiger partial charge in [-0.15, -0.1) is 0 Å². The number of likely N-dealkylation sites (tertiary alicyclic amines) is 2. The van der Waals surface area contributed by atoms with Crippen LogP contribution in [0.1, 0.15) is 32.1 Å². The molecule has 0 bridgehead atoms. The molecule has 160 valence electrons. The third-order valence-electron chi connectivity index (χ3n) is 5.12. The average Bonchev–Trinajstić information content (AvgIpc) is 3.17. The van der Waals surface area contributed by atoms with Gasteiger partial charge < -0.3 is 15.1 Å². The third kappa shape index (κ3) is 6.00. The lowest BCUT2D eigenvalue weighted by molar-refractivity contribution is -0.140. The van der Waals surface area contributed by atoms with E-state index in [2.05, 4.69) is 15.6 Å².